The van der Waals surface area contributed by atoms with Crippen LogP contribution in [0.15, 0.2) is 0 Å². The Balaban J connectivity index is 0.000000266. The molecule has 0 bridgehead atoms. The van der Waals surface area contributed by atoms with Crippen LogP contribution in [0.25, 0.3) is 0 Å². The molecule has 0 unspecified atom stereocenters. The molecule has 3 aliphatic carbocycles. The first-order chi connectivity index (χ1) is 13.9. The van der Waals surface area contributed by atoms with Gasteiger partial charge in [-0.2, -0.15) is 5.75 Å². The summed E-state index contributed by atoms with van der Waals surface area (Å²) in [5.41, 5.74) is 0. The molecule has 28 heavy (non-hydrogen) atoms. The van der Waals surface area contributed by atoms with Crippen molar-refractivity contribution in [3.05, 3.63) is 0 Å². The summed E-state index contributed by atoms with van der Waals surface area (Å²) in [6, 6.07) is 0. The van der Waals surface area contributed by atoms with Gasteiger partial charge in [0.25, 0.3) is 0 Å². The molecule has 3 rings (SSSR count). The van der Waals surface area contributed by atoms with Crippen LogP contribution in [0.1, 0.15) is 142 Å². The molecule has 0 radical (unpaired) electrons. The third-order valence-electron chi connectivity index (χ3n) is 7.73. The van der Waals surface area contributed by atoms with Crippen molar-refractivity contribution in [2.45, 2.75) is 154 Å². The summed E-state index contributed by atoms with van der Waals surface area (Å²) in [5.74, 6) is 0.951. The summed E-state index contributed by atoms with van der Waals surface area (Å²) >= 11 is 3.68. The van der Waals surface area contributed by atoms with Crippen LogP contribution in [0.2, 0.25) is 11.8 Å². The van der Waals surface area contributed by atoms with Gasteiger partial charge < -0.3 is 12.6 Å². The SMILES string of the molecule is C1CC[CH]([Sn+]([CH]2CCCCC2)[CH]2CCCCC2)CC1.CCCCCCCC[S-]. The van der Waals surface area contributed by atoms with E-state index in [0.717, 1.165) is 5.75 Å². The van der Waals surface area contributed by atoms with Crippen LogP contribution in [0.3, 0.4) is 0 Å². The smallest absolute Gasteiger partial charge is 0.0533 e. The minimum atomic E-state index is -1.15. The van der Waals surface area contributed by atoms with Gasteiger partial charge in [-0.1, -0.05) is 45.4 Å². The Bertz CT molecular complexity index is 292. The van der Waals surface area contributed by atoms with E-state index < -0.39 is 19.8 Å². The predicted octanol–water partition coefficient (Wildman–Crippen LogP) is 9.38. The van der Waals surface area contributed by atoms with Crippen LogP contribution in [0, 0.1) is 0 Å². The molecule has 0 aromatic rings. The Kier molecular flexibility index (Phi) is 15.2. The molecule has 0 aliphatic heterocycles. The summed E-state index contributed by atoms with van der Waals surface area (Å²) in [5, 5.41) is 0. The van der Waals surface area contributed by atoms with Crippen LogP contribution in [0.5, 0.6) is 0 Å². The maximum atomic E-state index is 4.83. The number of unbranched alkanes of at least 4 members (excludes halogenated alkanes) is 5. The zero-order valence-corrected chi connectivity index (χ0v) is 22.9. The van der Waals surface area contributed by atoms with Crippen molar-refractivity contribution in [3.63, 3.8) is 0 Å². The molecule has 0 spiro atoms. The normalized spacial score (nSPS) is 22.5. The summed E-state index contributed by atoms with van der Waals surface area (Å²) in [6.07, 6.45) is 32.4. The quantitative estimate of drug-likeness (QED) is 0.168. The zero-order valence-electron chi connectivity index (χ0n) is 19.2. The van der Waals surface area contributed by atoms with Gasteiger partial charge in [0.05, 0.1) is 0 Å². The summed E-state index contributed by atoms with van der Waals surface area (Å²) in [4.78, 5) is 0. The minimum absolute atomic E-state index is 0.951. The number of rotatable bonds is 9. The summed E-state index contributed by atoms with van der Waals surface area (Å²) in [6.45, 7) is 2.24. The monoisotopic (exact) mass is 514 g/mol. The molecule has 0 amide bonds. The Morgan fingerprint density at radius 3 is 1.25 bits per heavy atom. The van der Waals surface area contributed by atoms with Crippen molar-refractivity contribution in [3.8, 4) is 0 Å². The Morgan fingerprint density at radius 2 is 0.893 bits per heavy atom. The van der Waals surface area contributed by atoms with Crippen LogP contribution >= 0.6 is 0 Å². The molecule has 0 N–H and O–H groups in total. The molecule has 0 heterocycles. The van der Waals surface area contributed by atoms with E-state index in [4.69, 9.17) is 12.6 Å². The van der Waals surface area contributed by atoms with E-state index in [-0.39, 0.29) is 0 Å². The van der Waals surface area contributed by atoms with Gasteiger partial charge in [-0.15, -0.1) is 0 Å². The van der Waals surface area contributed by atoms with Crippen LogP contribution in [0.4, 0.5) is 0 Å². The Morgan fingerprint density at radius 1 is 0.536 bits per heavy atom. The van der Waals surface area contributed by atoms with E-state index in [0.29, 0.717) is 0 Å². The van der Waals surface area contributed by atoms with E-state index in [1.165, 1.54) is 50.3 Å². The molecule has 2 heteroatoms. The fourth-order valence-corrected chi connectivity index (χ4v) is 21.3. The first kappa shape index (κ1) is 25.4. The molecular formula is C26H50SSn. The van der Waals surface area contributed by atoms with Crippen molar-refractivity contribution in [2.24, 2.45) is 0 Å². The molecular weight excluding hydrogens is 463 g/mol. The first-order valence-corrected chi connectivity index (χ1v) is 18.8. The van der Waals surface area contributed by atoms with E-state index in [1.54, 1.807) is 96.3 Å². The summed E-state index contributed by atoms with van der Waals surface area (Å²) in [7, 11) is 0. The molecule has 3 fully saturated rings. The number of hydrogen-bond donors (Lipinski definition) is 0. The largest absolute Gasteiger partial charge is 0.793 e. The Hall–Kier alpha value is 1.15. The summed E-state index contributed by atoms with van der Waals surface area (Å²) < 4.78 is 3.96. The molecule has 3 aliphatic rings. The van der Waals surface area contributed by atoms with Gasteiger partial charge in [0.2, 0.25) is 0 Å². The van der Waals surface area contributed by atoms with Gasteiger partial charge in [-0.25, -0.2) is 0 Å². The van der Waals surface area contributed by atoms with Gasteiger partial charge in [0, 0.05) is 0 Å². The first-order valence-electron chi connectivity index (χ1n) is 13.3. The van der Waals surface area contributed by atoms with E-state index in [2.05, 4.69) is 6.92 Å². The minimum Gasteiger partial charge on any atom is -0.793 e. The van der Waals surface area contributed by atoms with Crippen LogP contribution in [-0.2, 0) is 12.6 Å². The van der Waals surface area contributed by atoms with Crippen molar-refractivity contribution in [1.82, 2.24) is 0 Å². The molecule has 0 aromatic carbocycles. The van der Waals surface area contributed by atoms with Crippen molar-refractivity contribution in [1.29, 1.82) is 0 Å². The second-order valence-corrected chi connectivity index (χ2v) is 20.2. The predicted molar refractivity (Wildman–Crippen MR) is 132 cm³/mol. The fourth-order valence-electron chi connectivity index (χ4n) is 6.19. The maximum absolute atomic E-state index is 4.83. The third kappa shape index (κ3) is 9.97. The maximum Gasteiger partial charge on any atom is -0.0533 e. The van der Waals surface area contributed by atoms with Gasteiger partial charge in [0.1, 0.15) is 0 Å². The number of hydrogen-bond acceptors (Lipinski definition) is 1. The molecule has 164 valence electrons. The topological polar surface area (TPSA) is 0 Å². The average Bonchev–Trinajstić information content (AvgIpc) is 2.77. The Labute approximate surface area is 190 Å². The zero-order chi connectivity index (χ0) is 19.9. The fraction of sp³-hybridized carbons (Fsp3) is 1.00. The van der Waals surface area contributed by atoms with Crippen LogP contribution in [-0.4, -0.2) is 25.5 Å². The third-order valence-corrected chi connectivity index (χ3v) is 21.0. The van der Waals surface area contributed by atoms with Gasteiger partial charge in [-0.3, -0.25) is 0 Å². The van der Waals surface area contributed by atoms with Crippen molar-refractivity contribution in [2.75, 3.05) is 5.75 Å². The molecule has 0 nitrogen and oxygen atoms in total. The van der Waals surface area contributed by atoms with E-state index in [9.17, 15) is 0 Å². The van der Waals surface area contributed by atoms with Crippen molar-refractivity contribution >= 4 is 32.4 Å². The van der Waals surface area contributed by atoms with Crippen LogP contribution < -0.4 is 0 Å². The average molecular weight is 513 g/mol. The van der Waals surface area contributed by atoms with Gasteiger partial charge in [-0.05, 0) is 0 Å². The molecule has 3 saturated carbocycles. The molecule has 0 saturated heterocycles. The van der Waals surface area contributed by atoms with E-state index >= 15 is 0 Å². The standard InChI is InChI=1S/C8H18S.3C6H11.Sn/c1-2-3-4-5-6-7-8-9;3*1-2-4-6-5-3-1;/h9H,2-8H2,1H3;3*1H,2-6H2;/q;;;;+1/p-1. The molecule has 0 atom stereocenters. The van der Waals surface area contributed by atoms with Gasteiger partial charge in [0.15, 0.2) is 0 Å². The van der Waals surface area contributed by atoms with E-state index in [1.807, 2.05) is 0 Å². The second-order valence-electron chi connectivity index (χ2n) is 9.98. The van der Waals surface area contributed by atoms with Crippen molar-refractivity contribution < 1.29 is 0 Å². The second kappa shape index (κ2) is 16.8. The molecule has 0 aromatic heterocycles. The van der Waals surface area contributed by atoms with Gasteiger partial charge >= 0.3 is 128 Å².